The Bertz CT molecular complexity index is 3140. The van der Waals surface area contributed by atoms with Gasteiger partial charge in [0.15, 0.2) is 11.6 Å². The van der Waals surface area contributed by atoms with Gasteiger partial charge >= 0.3 is 6.03 Å². The van der Waals surface area contributed by atoms with Gasteiger partial charge in [0.1, 0.15) is 5.78 Å². The summed E-state index contributed by atoms with van der Waals surface area (Å²) in [5.74, 6) is -8.91. The maximum Gasteiger partial charge on any atom is 0.312 e. The minimum Gasteiger partial charge on any atom is -0.379 e. The molecule has 1 unspecified atom stereocenters. The highest BCUT2D eigenvalue weighted by Gasteiger charge is 2.44. The molecule has 560 valence electrons. The molecule has 27 nitrogen and oxygen atoms in total. The summed E-state index contributed by atoms with van der Waals surface area (Å²) >= 11 is 0. The number of likely N-dealkylation sites (tertiary alicyclic amines) is 1. The summed E-state index contributed by atoms with van der Waals surface area (Å²) in [6.07, 6.45) is -0.223. The number of imide groups is 1. The molecule has 2 aliphatic rings. The number of primary amides is 1. The minimum atomic E-state index is -4.61. The van der Waals surface area contributed by atoms with Gasteiger partial charge in [0.25, 0.3) is 21.8 Å². The van der Waals surface area contributed by atoms with Crippen LogP contribution in [0.4, 0.5) is 10.5 Å². The standard InChI is InChI=1S/C72H113N9O18S/c1-16-47(8)66(79(13)71(91)55(44(2)3)42-59(84)65(46(6)7)78(11)12)60(95-14)43-62(86)80-32-21-25-56(80)67(96-15)49(10)57(82)41-52(39-50-22-18-17-19-23-50)69(89)77-100(93,94)54-28-26-53(27-29-54)75-68(88)51(24-20-31-74-72(73)92)40-58(83)64(45(4)5)76-61(85)30-33-97-34-35-98-36-37-99-81-63(87)38-48(9)70(81)90/h17-19,22-23,26-29,44-49,51-52,55-56,60,64-67H,16,20-21,24-25,30-43H2,1-15H3,(H,75,88)(H,76,85)(H,77,89)(H3,73,74,92)/t47-,48?,49-,51+,52+,55-,56-,60+,64-,65-,66-,67+/m0/s1. The largest absolute Gasteiger partial charge is 0.379 e. The summed E-state index contributed by atoms with van der Waals surface area (Å²) in [6.45, 7) is 19.4. The number of nitrogens with one attached hydrogen (secondary N) is 4. The fraction of sp³-hybridized carbons (Fsp3) is 0.681. The zero-order chi connectivity index (χ0) is 74.7. The quantitative estimate of drug-likeness (QED) is 0.0380. The van der Waals surface area contributed by atoms with Crippen LogP contribution >= 0.6 is 0 Å². The van der Waals surface area contributed by atoms with Crippen molar-refractivity contribution in [3.05, 3.63) is 60.2 Å². The van der Waals surface area contributed by atoms with Crippen molar-refractivity contribution < 1.29 is 84.9 Å². The van der Waals surface area contributed by atoms with Crippen molar-refractivity contribution in [3.63, 3.8) is 0 Å². The van der Waals surface area contributed by atoms with E-state index in [-0.39, 0.29) is 143 Å². The number of nitrogens with zero attached hydrogens (tertiary/aromatic N) is 4. The monoisotopic (exact) mass is 1420 g/mol. The molecule has 0 radical (unpaired) electrons. The second-order valence-electron chi connectivity index (χ2n) is 27.8. The minimum absolute atomic E-state index is 0.00443. The fourth-order valence-electron chi connectivity index (χ4n) is 13.3. The van der Waals surface area contributed by atoms with Crippen LogP contribution in [0.15, 0.2) is 59.5 Å². The van der Waals surface area contributed by atoms with Crippen molar-refractivity contribution in [2.45, 2.75) is 188 Å². The molecule has 12 atom stereocenters. The van der Waals surface area contributed by atoms with Gasteiger partial charge in [-0.1, -0.05) is 106 Å². The molecule has 6 N–H and O–H groups in total. The van der Waals surface area contributed by atoms with Gasteiger partial charge in [-0.2, -0.15) is 5.06 Å². The van der Waals surface area contributed by atoms with Crippen LogP contribution < -0.4 is 26.4 Å². The Labute approximate surface area is 591 Å². The number of hydrogen-bond donors (Lipinski definition) is 5. The normalized spacial score (nSPS) is 18.0. The highest BCUT2D eigenvalue weighted by Crippen LogP contribution is 2.33. The number of methoxy groups -OCH3 is 2. The number of benzene rings is 2. The lowest BCUT2D eigenvalue weighted by atomic mass is 9.83. The number of Topliss-reactive ketones (excluding diaryl/α,β-unsaturated/α-hetero) is 3. The van der Waals surface area contributed by atoms with Crippen LogP contribution in [-0.2, 0) is 88.2 Å². The van der Waals surface area contributed by atoms with E-state index >= 15 is 0 Å². The number of ketones is 3. The third kappa shape index (κ3) is 25.8. The number of carbonyl (C=O) groups excluding carboxylic acids is 11. The first kappa shape index (κ1) is 85.3. The summed E-state index contributed by atoms with van der Waals surface area (Å²) in [5.41, 5.74) is 6.07. The number of amides is 9. The smallest absolute Gasteiger partial charge is 0.312 e. The molecular formula is C72H113N9O18S. The predicted molar refractivity (Wildman–Crippen MR) is 375 cm³/mol. The van der Waals surface area contributed by atoms with E-state index in [9.17, 15) is 61.2 Å². The molecule has 2 aromatic carbocycles. The number of hydroxylamine groups is 2. The lowest BCUT2D eigenvalue weighted by Crippen LogP contribution is -2.54. The van der Waals surface area contributed by atoms with Crippen LogP contribution in [-0.4, -0.2) is 211 Å². The first-order valence-corrected chi connectivity index (χ1v) is 36.5. The first-order valence-electron chi connectivity index (χ1n) is 35.0. The van der Waals surface area contributed by atoms with Crippen LogP contribution in [0.1, 0.15) is 145 Å². The highest BCUT2D eigenvalue weighted by atomic mass is 32.2. The van der Waals surface area contributed by atoms with Gasteiger partial charge in [-0.15, -0.1) is 0 Å². The van der Waals surface area contributed by atoms with Crippen LogP contribution in [0.3, 0.4) is 0 Å². The topological polar surface area (TPSA) is 355 Å². The van der Waals surface area contributed by atoms with E-state index in [1.807, 2.05) is 60.5 Å². The number of anilines is 1. The average Bonchev–Trinajstić information content (AvgIpc) is 1.18. The Morgan fingerprint density at radius 3 is 1.92 bits per heavy atom. The second-order valence-corrected chi connectivity index (χ2v) is 29.5. The van der Waals surface area contributed by atoms with E-state index in [1.54, 1.807) is 74.9 Å². The first-order chi connectivity index (χ1) is 47.2. The zero-order valence-electron chi connectivity index (χ0n) is 61.4. The van der Waals surface area contributed by atoms with Crippen LogP contribution in [0, 0.1) is 53.3 Å². The summed E-state index contributed by atoms with van der Waals surface area (Å²) < 4.78 is 53.4. The molecule has 0 spiro atoms. The van der Waals surface area contributed by atoms with E-state index in [0.29, 0.717) is 31.4 Å². The Morgan fingerprint density at radius 1 is 0.730 bits per heavy atom. The lowest BCUT2D eigenvalue weighted by molar-refractivity contribution is -0.192. The van der Waals surface area contributed by atoms with Gasteiger partial charge in [-0.25, -0.2) is 17.9 Å². The molecule has 4 rings (SSSR count). The molecule has 0 aromatic heterocycles. The molecule has 2 aromatic rings. The predicted octanol–water partition coefficient (Wildman–Crippen LogP) is 5.90. The lowest BCUT2D eigenvalue weighted by Gasteiger charge is -2.41. The number of hydrogen-bond acceptors (Lipinski definition) is 19. The van der Waals surface area contributed by atoms with Crippen molar-refractivity contribution in [1.29, 1.82) is 0 Å². The summed E-state index contributed by atoms with van der Waals surface area (Å²) in [4.78, 5) is 158. The molecule has 2 aliphatic heterocycles. The van der Waals surface area contributed by atoms with E-state index in [1.165, 1.54) is 38.5 Å². The van der Waals surface area contributed by atoms with Gasteiger partial charge in [-0.3, -0.25) is 57.7 Å². The second kappa shape index (κ2) is 41.7. The fourth-order valence-corrected chi connectivity index (χ4v) is 14.4. The molecule has 28 heteroatoms. The van der Waals surface area contributed by atoms with Crippen molar-refractivity contribution in [3.8, 4) is 0 Å². The van der Waals surface area contributed by atoms with Crippen LogP contribution in [0.2, 0.25) is 0 Å². The number of urea groups is 1. The van der Waals surface area contributed by atoms with Gasteiger partial charge in [0, 0.05) is 102 Å². The highest BCUT2D eigenvalue weighted by molar-refractivity contribution is 7.90. The number of ether oxygens (including phenoxy) is 4. The van der Waals surface area contributed by atoms with Crippen molar-refractivity contribution in [1.82, 2.24) is 35.1 Å². The molecule has 0 saturated carbocycles. The summed E-state index contributed by atoms with van der Waals surface area (Å²) in [5, 5.41) is 8.69. The molecule has 2 fully saturated rings. The number of rotatable bonds is 46. The molecule has 0 aliphatic carbocycles. The van der Waals surface area contributed by atoms with E-state index in [0.717, 1.165) is 5.06 Å². The van der Waals surface area contributed by atoms with Crippen LogP contribution in [0.25, 0.3) is 0 Å². The van der Waals surface area contributed by atoms with Gasteiger partial charge in [0.05, 0.1) is 80.7 Å². The molecule has 0 bridgehead atoms. The molecular weight excluding hydrogens is 1310 g/mol. The molecule has 100 heavy (non-hydrogen) atoms. The van der Waals surface area contributed by atoms with Gasteiger partial charge < -0.3 is 50.4 Å². The van der Waals surface area contributed by atoms with Crippen LogP contribution in [0.5, 0.6) is 0 Å². The van der Waals surface area contributed by atoms with E-state index < -0.39 is 129 Å². The van der Waals surface area contributed by atoms with Gasteiger partial charge in [0.2, 0.25) is 29.5 Å². The van der Waals surface area contributed by atoms with Gasteiger partial charge in [-0.05, 0) is 99.7 Å². The summed E-state index contributed by atoms with van der Waals surface area (Å²) in [7, 11) is 3.80. The Balaban J connectivity index is 1.43. The Morgan fingerprint density at radius 2 is 1.36 bits per heavy atom. The average molecular weight is 1420 g/mol. The Kier molecular flexibility index (Phi) is 35.6. The number of likely N-dealkylation sites (N-methyl/N-ethyl adjacent to an activating group) is 2. The molecule has 9 amide bonds. The zero-order valence-corrected chi connectivity index (χ0v) is 62.2. The SMILES string of the molecule is CC[C@H](C)[C@@H]([C@@H](CC(=O)N1CCC[C@H]1[C@H](OC)[C@@H](C)C(=O)C[C@@H](Cc1ccccc1)C(=O)NS(=O)(=O)c1ccc(NC(=O)[C@H](CCCNC(N)=O)CC(=O)[C@@H](NC(=O)CCOCCOCCON2C(=O)CC(C)C2=O)C(C)C)cc1)OC)N(C)C(=O)[C@@H](CC(=O)[C@H](C(C)C)N(C)C)C(C)C. The van der Waals surface area contributed by atoms with E-state index in [2.05, 4.69) is 20.7 Å². The molecule has 2 saturated heterocycles. The summed E-state index contributed by atoms with van der Waals surface area (Å²) in [6, 6.07) is 10.6. The van der Waals surface area contributed by atoms with E-state index in [4.69, 9.17) is 29.5 Å². The van der Waals surface area contributed by atoms with Crippen molar-refractivity contribution >= 4 is 80.4 Å². The van der Waals surface area contributed by atoms with Crippen molar-refractivity contribution in [2.75, 3.05) is 86.8 Å². The maximum absolute atomic E-state index is 14.7. The Hall–Kier alpha value is -7.08. The van der Waals surface area contributed by atoms with Crippen molar-refractivity contribution in [2.24, 2.45) is 59.0 Å². The number of nitrogens with two attached hydrogens (primary N) is 1. The third-order valence-corrected chi connectivity index (χ3v) is 20.4. The molecule has 2 heterocycles. The number of carbonyl (C=O) groups is 11. The third-order valence-electron chi connectivity index (χ3n) is 19.0. The number of sulfonamides is 1. The maximum atomic E-state index is 14.7.